The largest absolute Gasteiger partial charge is 0.457 e. The number of anilines is 1. The lowest BCUT2D eigenvalue weighted by Gasteiger charge is -2.14. The Kier molecular flexibility index (Phi) is 6.35. The van der Waals surface area contributed by atoms with Crippen LogP contribution in [0.3, 0.4) is 0 Å². The van der Waals surface area contributed by atoms with Gasteiger partial charge in [0.25, 0.3) is 0 Å². The summed E-state index contributed by atoms with van der Waals surface area (Å²) >= 11 is 0. The van der Waals surface area contributed by atoms with E-state index in [1.807, 2.05) is 83.7 Å². The molecule has 0 bridgehead atoms. The fourth-order valence-corrected chi connectivity index (χ4v) is 4.30. The highest BCUT2D eigenvalue weighted by molar-refractivity contribution is 5.94. The Morgan fingerprint density at radius 3 is 2.58 bits per heavy atom. The molecule has 33 heavy (non-hydrogen) atoms. The molecule has 4 aromatic rings. The number of para-hydroxylation sites is 1. The lowest BCUT2D eigenvalue weighted by atomic mass is 10.1. The van der Waals surface area contributed by atoms with E-state index in [1.165, 1.54) is 25.9 Å². The van der Waals surface area contributed by atoms with E-state index in [2.05, 4.69) is 15.3 Å². The molecule has 6 heteroatoms. The standard InChI is InChI=1S/C27H28N4O2/c32-27(18-21-7-6-10-25(17-21)33-24-8-2-1-3-9-24)29-23-12-11-22-20-28-31(26(22)19-23)16-15-30-13-4-5-14-30/h1-3,6-12,17,19-20H,4-5,13-16,18H2,(H,29,32). The molecule has 0 atom stereocenters. The Bertz CT molecular complexity index is 1230. The van der Waals surface area contributed by atoms with Crippen molar-refractivity contribution in [3.63, 3.8) is 0 Å². The first-order valence-corrected chi connectivity index (χ1v) is 11.5. The average molecular weight is 441 g/mol. The number of rotatable bonds is 8. The maximum Gasteiger partial charge on any atom is 0.228 e. The van der Waals surface area contributed by atoms with Crippen LogP contribution in [0.25, 0.3) is 10.9 Å². The summed E-state index contributed by atoms with van der Waals surface area (Å²) in [5.41, 5.74) is 2.73. The van der Waals surface area contributed by atoms with Crippen molar-refractivity contribution in [2.24, 2.45) is 0 Å². The van der Waals surface area contributed by atoms with Gasteiger partial charge in [-0.25, -0.2) is 0 Å². The molecule has 0 aliphatic carbocycles. The van der Waals surface area contributed by atoms with Crippen LogP contribution in [0.2, 0.25) is 0 Å². The number of likely N-dealkylation sites (tertiary alicyclic amines) is 1. The van der Waals surface area contributed by atoms with E-state index in [1.54, 1.807) is 0 Å². The van der Waals surface area contributed by atoms with E-state index < -0.39 is 0 Å². The minimum atomic E-state index is -0.0608. The van der Waals surface area contributed by atoms with E-state index >= 15 is 0 Å². The average Bonchev–Trinajstić information content (AvgIpc) is 3.48. The van der Waals surface area contributed by atoms with Crippen molar-refractivity contribution in [3.8, 4) is 11.5 Å². The number of fused-ring (bicyclic) bond motifs is 1. The Labute approximate surface area is 193 Å². The highest BCUT2D eigenvalue weighted by Gasteiger charge is 2.13. The molecular formula is C27H28N4O2. The molecule has 0 unspecified atom stereocenters. The molecule has 168 valence electrons. The molecule has 1 aromatic heterocycles. The maximum atomic E-state index is 12.7. The lowest BCUT2D eigenvalue weighted by molar-refractivity contribution is -0.115. The first-order valence-electron chi connectivity index (χ1n) is 11.5. The van der Waals surface area contributed by atoms with Gasteiger partial charge in [0.05, 0.1) is 24.7 Å². The van der Waals surface area contributed by atoms with Crippen molar-refractivity contribution >= 4 is 22.5 Å². The molecular weight excluding hydrogens is 412 g/mol. The normalized spacial score (nSPS) is 13.9. The van der Waals surface area contributed by atoms with Crippen molar-refractivity contribution in [2.45, 2.75) is 25.8 Å². The van der Waals surface area contributed by atoms with E-state index in [-0.39, 0.29) is 12.3 Å². The summed E-state index contributed by atoms with van der Waals surface area (Å²) in [5, 5.41) is 8.67. The molecule has 0 saturated carbocycles. The van der Waals surface area contributed by atoms with Crippen molar-refractivity contribution < 1.29 is 9.53 Å². The Hall–Kier alpha value is -3.64. The molecule has 1 N–H and O–H groups in total. The van der Waals surface area contributed by atoms with Gasteiger partial charge < -0.3 is 15.0 Å². The first kappa shape index (κ1) is 21.2. The molecule has 2 heterocycles. The highest BCUT2D eigenvalue weighted by Crippen LogP contribution is 2.23. The number of hydrogen-bond acceptors (Lipinski definition) is 4. The molecule has 0 spiro atoms. The molecule has 3 aromatic carbocycles. The van der Waals surface area contributed by atoms with Gasteiger partial charge >= 0.3 is 0 Å². The van der Waals surface area contributed by atoms with Crippen LogP contribution in [0, 0.1) is 0 Å². The fourth-order valence-electron chi connectivity index (χ4n) is 4.30. The Morgan fingerprint density at radius 1 is 0.909 bits per heavy atom. The van der Waals surface area contributed by atoms with Gasteiger partial charge in [-0.05, 0) is 74.0 Å². The molecule has 1 aliphatic heterocycles. The van der Waals surface area contributed by atoms with Gasteiger partial charge in [-0.1, -0.05) is 30.3 Å². The van der Waals surface area contributed by atoms with E-state index in [0.29, 0.717) is 0 Å². The second-order valence-corrected chi connectivity index (χ2v) is 8.48. The number of benzene rings is 3. The first-order chi connectivity index (χ1) is 16.2. The van der Waals surface area contributed by atoms with Gasteiger partial charge in [0.15, 0.2) is 0 Å². The number of carbonyl (C=O) groups is 1. The minimum Gasteiger partial charge on any atom is -0.457 e. The van der Waals surface area contributed by atoms with Crippen LogP contribution in [0.15, 0.2) is 79.0 Å². The van der Waals surface area contributed by atoms with Crippen LogP contribution in [0.5, 0.6) is 11.5 Å². The third-order valence-electron chi connectivity index (χ3n) is 6.00. The fraction of sp³-hybridized carbons (Fsp3) is 0.259. The van der Waals surface area contributed by atoms with Gasteiger partial charge in [-0.2, -0.15) is 5.10 Å². The Balaban J connectivity index is 1.22. The second kappa shape index (κ2) is 9.88. The predicted octanol–water partition coefficient (Wildman–Crippen LogP) is 5.11. The van der Waals surface area contributed by atoms with Crippen LogP contribution in [0.4, 0.5) is 5.69 Å². The maximum absolute atomic E-state index is 12.7. The summed E-state index contributed by atoms with van der Waals surface area (Å²) in [7, 11) is 0. The zero-order valence-corrected chi connectivity index (χ0v) is 18.6. The van der Waals surface area contributed by atoms with Gasteiger partial charge in [-0.3, -0.25) is 9.48 Å². The van der Waals surface area contributed by atoms with Gasteiger partial charge in [-0.15, -0.1) is 0 Å². The van der Waals surface area contributed by atoms with Crippen LogP contribution >= 0.6 is 0 Å². The molecule has 1 saturated heterocycles. The van der Waals surface area contributed by atoms with Crippen LogP contribution in [-0.4, -0.2) is 40.2 Å². The third-order valence-corrected chi connectivity index (χ3v) is 6.00. The Morgan fingerprint density at radius 2 is 1.73 bits per heavy atom. The number of hydrogen-bond donors (Lipinski definition) is 1. The van der Waals surface area contributed by atoms with E-state index in [4.69, 9.17) is 4.74 Å². The van der Waals surface area contributed by atoms with Gasteiger partial charge in [0.1, 0.15) is 11.5 Å². The summed E-state index contributed by atoms with van der Waals surface area (Å²) in [6.07, 6.45) is 4.75. The highest BCUT2D eigenvalue weighted by atomic mass is 16.5. The number of nitrogens with zero attached hydrogens (tertiary/aromatic N) is 3. The minimum absolute atomic E-state index is 0.0608. The van der Waals surface area contributed by atoms with Crippen LogP contribution < -0.4 is 10.1 Å². The van der Waals surface area contributed by atoms with Crippen molar-refractivity contribution in [1.29, 1.82) is 0 Å². The monoisotopic (exact) mass is 440 g/mol. The summed E-state index contributed by atoms with van der Waals surface area (Å²) in [6.45, 7) is 4.22. The number of nitrogens with one attached hydrogen (secondary N) is 1. The zero-order chi connectivity index (χ0) is 22.5. The van der Waals surface area contributed by atoms with Crippen molar-refractivity contribution in [2.75, 3.05) is 25.0 Å². The SMILES string of the molecule is O=C(Cc1cccc(Oc2ccccc2)c1)Nc1ccc2cnn(CCN3CCCC3)c2c1. The molecule has 1 fully saturated rings. The molecule has 1 aliphatic rings. The summed E-state index contributed by atoms with van der Waals surface area (Å²) in [5.74, 6) is 1.43. The summed E-state index contributed by atoms with van der Waals surface area (Å²) < 4.78 is 7.92. The van der Waals surface area contributed by atoms with Crippen molar-refractivity contribution in [1.82, 2.24) is 14.7 Å². The number of amides is 1. The van der Waals surface area contributed by atoms with Crippen molar-refractivity contribution in [3.05, 3.63) is 84.6 Å². The molecule has 1 amide bonds. The van der Waals surface area contributed by atoms with E-state index in [0.717, 1.165) is 46.7 Å². The molecule has 5 rings (SSSR count). The summed E-state index contributed by atoms with van der Waals surface area (Å²) in [4.78, 5) is 15.2. The van der Waals surface area contributed by atoms with E-state index in [9.17, 15) is 4.79 Å². The topological polar surface area (TPSA) is 59.4 Å². The molecule has 0 radical (unpaired) electrons. The van der Waals surface area contributed by atoms with Gasteiger partial charge in [0.2, 0.25) is 5.91 Å². The summed E-state index contributed by atoms with van der Waals surface area (Å²) in [6, 6.07) is 23.2. The second-order valence-electron chi connectivity index (χ2n) is 8.48. The van der Waals surface area contributed by atoms with Gasteiger partial charge in [0, 0.05) is 17.6 Å². The zero-order valence-electron chi connectivity index (χ0n) is 18.6. The third kappa shape index (κ3) is 5.41. The smallest absolute Gasteiger partial charge is 0.228 e. The van der Waals surface area contributed by atoms with Crippen LogP contribution in [-0.2, 0) is 17.8 Å². The van der Waals surface area contributed by atoms with Crippen LogP contribution in [0.1, 0.15) is 18.4 Å². The number of ether oxygens (including phenoxy) is 1. The number of carbonyl (C=O) groups excluding carboxylic acids is 1. The lowest BCUT2D eigenvalue weighted by Crippen LogP contribution is -2.24. The predicted molar refractivity (Wildman–Crippen MR) is 131 cm³/mol. The number of aromatic nitrogens is 2. The molecule has 6 nitrogen and oxygen atoms in total. The quantitative estimate of drug-likeness (QED) is 0.414.